The molecule has 0 aromatic heterocycles. The molecule has 2 rings (SSSR count). The summed E-state index contributed by atoms with van der Waals surface area (Å²) in [6.07, 6.45) is 7.57. The van der Waals surface area contributed by atoms with E-state index in [-0.39, 0.29) is 5.91 Å². The minimum atomic E-state index is -0.771. The fourth-order valence-corrected chi connectivity index (χ4v) is 3.99. The Balaban J connectivity index is 1.96. The highest BCUT2D eigenvalue weighted by molar-refractivity contribution is 5.84. The molecule has 2 fully saturated rings. The second-order valence-electron chi connectivity index (χ2n) is 7.24. The largest absolute Gasteiger partial charge is 0.368 e. The molecular formula is C16H31N3O. The molecule has 1 aliphatic heterocycles. The normalized spacial score (nSPS) is 36.8. The minimum absolute atomic E-state index is 0.322. The Hall–Kier alpha value is -0.610. The van der Waals surface area contributed by atoms with Gasteiger partial charge in [0, 0.05) is 6.04 Å². The van der Waals surface area contributed by atoms with Gasteiger partial charge in [0.15, 0.2) is 0 Å². The van der Waals surface area contributed by atoms with E-state index < -0.39 is 5.54 Å². The highest BCUT2D eigenvalue weighted by atomic mass is 16.1. The van der Waals surface area contributed by atoms with Gasteiger partial charge in [0.1, 0.15) is 0 Å². The smallest absolute Gasteiger partial charge is 0.237 e. The first-order valence-corrected chi connectivity index (χ1v) is 8.25. The van der Waals surface area contributed by atoms with Crippen molar-refractivity contribution in [2.45, 2.75) is 70.4 Å². The lowest BCUT2D eigenvalue weighted by Gasteiger charge is -2.41. The van der Waals surface area contributed by atoms with Crippen LogP contribution in [0.5, 0.6) is 0 Å². The standard InChI is InChI=1S/C16H31N3O/c1-12(2)13-5-4-9-19(10-7-13)14-6-3-8-16(18,11-14)15(17)20/h12-14H,3-11,18H2,1-2H3,(H2,17,20). The van der Waals surface area contributed by atoms with Gasteiger partial charge >= 0.3 is 0 Å². The highest BCUT2D eigenvalue weighted by Gasteiger charge is 2.40. The van der Waals surface area contributed by atoms with Crippen LogP contribution in [0.2, 0.25) is 0 Å². The summed E-state index contributed by atoms with van der Waals surface area (Å²) >= 11 is 0. The first-order chi connectivity index (χ1) is 9.42. The predicted octanol–water partition coefficient (Wildman–Crippen LogP) is 1.87. The van der Waals surface area contributed by atoms with Crippen molar-refractivity contribution in [3.8, 4) is 0 Å². The van der Waals surface area contributed by atoms with Crippen molar-refractivity contribution in [2.75, 3.05) is 13.1 Å². The maximum absolute atomic E-state index is 11.6. The monoisotopic (exact) mass is 281 g/mol. The van der Waals surface area contributed by atoms with E-state index in [2.05, 4.69) is 18.7 Å². The number of hydrogen-bond donors (Lipinski definition) is 2. The summed E-state index contributed by atoms with van der Waals surface area (Å²) in [5, 5.41) is 0. The minimum Gasteiger partial charge on any atom is -0.368 e. The third kappa shape index (κ3) is 3.53. The van der Waals surface area contributed by atoms with E-state index in [4.69, 9.17) is 11.5 Å². The lowest BCUT2D eigenvalue weighted by atomic mass is 9.78. The van der Waals surface area contributed by atoms with Crippen LogP contribution in [0.15, 0.2) is 0 Å². The van der Waals surface area contributed by atoms with Crippen molar-refractivity contribution in [3.05, 3.63) is 0 Å². The Bertz CT molecular complexity index is 345. The number of carbonyl (C=O) groups excluding carboxylic acids is 1. The summed E-state index contributed by atoms with van der Waals surface area (Å²) in [4.78, 5) is 14.2. The van der Waals surface area contributed by atoms with E-state index in [1.807, 2.05) is 0 Å². The number of amides is 1. The Morgan fingerprint density at radius 1 is 1.20 bits per heavy atom. The Kier molecular flexibility index (Phi) is 5.08. The first kappa shape index (κ1) is 15.8. The van der Waals surface area contributed by atoms with Crippen molar-refractivity contribution in [1.29, 1.82) is 0 Å². The SMILES string of the molecule is CC(C)C1CCCN(C2CCCC(N)(C(N)=O)C2)CC1. The molecule has 1 aliphatic carbocycles. The third-order valence-electron chi connectivity index (χ3n) is 5.52. The van der Waals surface area contributed by atoms with E-state index in [0.29, 0.717) is 6.04 Å². The van der Waals surface area contributed by atoms with Crippen LogP contribution in [0.25, 0.3) is 0 Å². The molecule has 2 aliphatic rings. The topological polar surface area (TPSA) is 72.3 Å². The van der Waals surface area contributed by atoms with Crippen molar-refractivity contribution in [1.82, 2.24) is 4.90 Å². The van der Waals surface area contributed by atoms with Gasteiger partial charge < -0.3 is 16.4 Å². The number of nitrogens with zero attached hydrogens (tertiary/aromatic N) is 1. The van der Waals surface area contributed by atoms with Gasteiger partial charge in [0.2, 0.25) is 5.91 Å². The molecule has 1 saturated heterocycles. The molecule has 3 unspecified atom stereocenters. The Morgan fingerprint density at radius 3 is 2.60 bits per heavy atom. The second-order valence-corrected chi connectivity index (χ2v) is 7.24. The van der Waals surface area contributed by atoms with E-state index in [9.17, 15) is 4.79 Å². The third-order valence-corrected chi connectivity index (χ3v) is 5.52. The van der Waals surface area contributed by atoms with Crippen molar-refractivity contribution >= 4 is 5.91 Å². The van der Waals surface area contributed by atoms with Gasteiger partial charge in [0.25, 0.3) is 0 Å². The molecule has 3 atom stereocenters. The van der Waals surface area contributed by atoms with Gasteiger partial charge in [0.05, 0.1) is 5.54 Å². The van der Waals surface area contributed by atoms with Gasteiger partial charge in [-0.05, 0) is 69.9 Å². The first-order valence-electron chi connectivity index (χ1n) is 8.25. The fourth-order valence-electron chi connectivity index (χ4n) is 3.99. The predicted molar refractivity (Wildman–Crippen MR) is 82.1 cm³/mol. The van der Waals surface area contributed by atoms with Gasteiger partial charge in [-0.2, -0.15) is 0 Å². The number of rotatable bonds is 3. The van der Waals surface area contributed by atoms with Crippen LogP contribution in [0.3, 0.4) is 0 Å². The average molecular weight is 281 g/mol. The summed E-state index contributed by atoms with van der Waals surface area (Å²) in [5.74, 6) is 1.31. The zero-order chi connectivity index (χ0) is 14.8. The number of nitrogens with two attached hydrogens (primary N) is 2. The van der Waals surface area contributed by atoms with Crippen LogP contribution >= 0.6 is 0 Å². The molecular weight excluding hydrogens is 250 g/mol. The van der Waals surface area contributed by atoms with Crippen molar-refractivity contribution in [2.24, 2.45) is 23.3 Å². The number of hydrogen-bond acceptors (Lipinski definition) is 3. The average Bonchev–Trinajstić information content (AvgIpc) is 2.64. The zero-order valence-electron chi connectivity index (χ0n) is 13.1. The van der Waals surface area contributed by atoms with Crippen LogP contribution in [-0.2, 0) is 4.79 Å². The Labute approximate surface area is 123 Å². The molecule has 4 nitrogen and oxygen atoms in total. The molecule has 0 bridgehead atoms. The van der Waals surface area contributed by atoms with Crippen LogP contribution in [0, 0.1) is 11.8 Å². The molecule has 116 valence electrons. The number of likely N-dealkylation sites (tertiary alicyclic amines) is 1. The summed E-state index contributed by atoms with van der Waals surface area (Å²) in [6.45, 7) is 6.98. The molecule has 4 N–H and O–H groups in total. The molecule has 20 heavy (non-hydrogen) atoms. The molecule has 0 spiro atoms. The van der Waals surface area contributed by atoms with Crippen LogP contribution in [0.1, 0.15) is 58.8 Å². The molecule has 1 saturated carbocycles. The molecule has 0 radical (unpaired) electrons. The van der Waals surface area contributed by atoms with Crippen molar-refractivity contribution in [3.63, 3.8) is 0 Å². The molecule has 1 heterocycles. The lowest BCUT2D eigenvalue weighted by Crippen LogP contribution is -2.58. The zero-order valence-corrected chi connectivity index (χ0v) is 13.1. The quantitative estimate of drug-likeness (QED) is 0.829. The summed E-state index contributed by atoms with van der Waals surface area (Å²) in [5.41, 5.74) is 10.9. The van der Waals surface area contributed by atoms with E-state index in [1.165, 1.54) is 25.7 Å². The van der Waals surface area contributed by atoms with Crippen molar-refractivity contribution < 1.29 is 4.79 Å². The maximum Gasteiger partial charge on any atom is 0.237 e. The number of primary amides is 1. The van der Waals surface area contributed by atoms with E-state index >= 15 is 0 Å². The molecule has 1 amide bonds. The second kappa shape index (κ2) is 6.44. The summed E-state index contributed by atoms with van der Waals surface area (Å²) in [7, 11) is 0. The Morgan fingerprint density at radius 2 is 1.95 bits per heavy atom. The van der Waals surface area contributed by atoms with Gasteiger partial charge in [-0.3, -0.25) is 4.79 Å². The molecule has 0 aromatic rings. The van der Waals surface area contributed by atoms with Gasteiger partial charge in [-0.1, -0.05) is 13.8 Å². The molecule has 0 aromatic carbocycles. The number of carbonyl (C=O) groups is 1. The van der Waals surface area contributed by atoms with E-state index in [1.54, 1.807) is 0 Å². The highest BCUT2D eigenvalue weighted by Crippen LogP contribution is 2.32. The summed E-state index contributed by atoms with van der Waals surface area (Å²) < 4.78 is 0. The molecule has 4 heteroatoms. The maximum atomic E-state index is 11.6. The van der Waals surface area contributed by atoms with Crippen LogP contribution < -0.4 is 11.5 Å². The van der Waals surface area contributed by atoms with Crippen LogP contribution in [0.4, 0.5) is 0 Å². The lowest BCUT2D eigenvalue weighted by molar-refractivity contribution is -0.125. The summed E-state index contributed by atoms with van der Waals surface area (Å²) in [6, 6.07) is 0.451. The van der Waals surface area contributed by atoms with Crippen LogP contribution in [-0.4, -0.2) is 35.5 Å². The fraction of sp³-hybridized carbons (Fsp3) is 0.938. The van der Waals surface area contributed by atoms with Gasteiger partial charge in [-0.25, -0.2) is 0 Å². The van der Waals surface area contributed by atoms with Gasteiger partial charge in [-0.15, -0.1) is 0 Å². The van der Waals surface area contributed by atoms with E-state index in [0.717, 1.165) is 44.2 Å².